The second kappa shape index (κ2) is 4.81. The Bertz CT molecular complexity index is 936. The molecule has 3 aromatic rings. The minimum atomic E-state index is 0.0379. The molecule has 0 unspecified atom stereocenters. The van der Waals surface area contributed by atoms with Gasteiger partial charge in [0.05, 0.1) is 5.52 Å². The van der Waals surface area contributed by atoms with E-state index < -0.39 is 0 Å². The Morgan fingerprint density at radius 1 is 1.09 bits per heavy atom. The van der Waals surface area contributed by atoms with E-state index in [0.29, 0.717) is 12.0 Å². The highest BCUT2D eigenvalue weighted by atomic mass is 16.3. The lowest BCUT2D eigenvalue weighted by Gasteiger charge is -2.02. The number of allylic oxidation sites excluding steroid dienone is 1. The van der Waals surface area contributed by atoms with E-state index in [1.54, 1.807) is 24.4 Å². The van der Waals surface area contributed by atoms with E-state index in [4.69, 9.17) is 0 Å². The van der Waals surface area contributed by atoms with Crippen LogP contribution in [0.4, 0.5) is 0 Å². The number of rotatable bonds is 1. The number of fused-ring (bicyclic) bond motifs is 2. The first-order valence-corrected chi connectivity index (χ1v) is 7.13. The van der Waals surface area contributed by atoms with E-state index in [2.05, 4.69) is 4.98 Å². The van der Waals surface area contributed by atoms with Crippen molar-refractivity contribution in [2.45, 2.75) is 6.42 Å². The molecule has 4 rings (SSSR count). The van der Waals surface area contributed by atoms with Gasteiger partial charge in [-0.1, -0.05) is 18.2 Å². The molecular weight excluding hydrogens is 274 g/mol. The highest BCUT2D eigenvalue weighted by molar-refractivity contribution is 6.16. The Hall–Kier alpha value is -2.94. The number of phenols is 1. The monoisotopic (exact) mass is 287 g/mol. The molecule has 0 saturated carbocycles. The van der Waals surface area contributed by atoms with E-state index in [-0.39, 0.29) is 11.5 Å². The molecule has 1 aliphatic rings. The fraction of sp³-hybridized carbons (Fsp3) is 0.0526. The fourth-order valence-electron chi connectivity index (χ4n) is 2.96. The number of carbonyl (C=O) groups is 1. The maximum absolute atomic E-state index is 12.5. The van der Waals surface area contributed by atoms with Crippen molar-refractivity contribution in [2.24, 2.45) is 0 Å². The number of benzene rings is 2. The predicted octanol–water partition coefficient (Wildman–Crippen LogP) is 3.76. The average Bonchev–Trinajstić information content (AvgIpc) is 2.83. The molecular formula is C19H13NO2. The first-order valence-electron chi connectivity index (χ1n) is 7.13. The number of hydrogen-bond acceptors (Lipinski definition) is 3. The van der Waals surface area contributed by atoms with Crippen LogP contribution in [-0.4, -0.2) is 15.9 Å². The minimum Gasteiger partial charge on any atom is -0.508 e. The lowest BCUT2D eigenvalue weighted by molar-refractivity contribution is 0.104. The highest BCUT2D eigenvalue weighted by Gasteiger charge is 2.25. The summed E-state index contributed by atoms with van der Waals surface area (Å²) in [6, 6.07) is 14.7. The van der Waals surface area contributed by atoms with Crippen molar-refractivity contribution in [1.82, 2.24) is 4.98 Å². The molecule has 0 saturated heterocycles. The maximum atomic E-state index is 12.5. The zero-order valence-electron chi connectivity index (χ0n) is 11.8. The molecule has 0 atom stereocenters. The largest absolute Gasteiger partial charge is 0.508 e. The second-order valence-corrected chi connectivity index (χ2v) is 5.43. The van der Waals surface area contributed by atoms with E-state index in [1.807, 2.05) is 36.4 Å². The van der Waals surface area contributed by atoms with Crippen LogP contribution in [-0.2, 0) is 6.42 Å². The smallest absolute Gasteiger partial charge is 0.189 e. The van der Waals surface area contributed by atoms with Gasteiger partial charge in [-0.05, 0) is 47.5 Å². The topological polar surface area (TPSA) is 50.2 Å². The number of ketones is 1. The standard InChI is InChI=1S/C19H13NO2/c21-15-6-7-17-13(11-15)10-14(19(17)22)9-12-3-1-5-18-16(12)4-2-8-20-18/h1-9,11,21H,10H2/b14-9-. The van der Waals surface area contributed by atoms with Crippen molar-refractivity contribution in [3.63, 3.8) is 0 Å². The molecule has 3 heteroatoms. The van der Waals surface area contributed by atoms with Gasteiger partial charge in [0.2, 0.25) is 0 Å². The molecule has 1 aliphatic carbocycles. The quantitative estimate of drug-likeness (QED) is 0.693. The summed E-state index contributed by atoms with van der Waals surface area (Å²) in [5.41, 5.74) is 4.22. The van der Waals surface area contributed by atoms with Gasteiger partial charge in [0.25, 0.3) is 0 Å². The first-order chi connectivity index (χ1) is 10.7. The second-order valence-electron chi connectivity index (χ2n) is 5.43. The zero-order chi connectivity index (χ0) is 15.1. The van der Waals surface area contributed by atoms with E-state index >= 15 is 0 Å². The Kier molecular flexibility index (Phi) is 2.79. The number of Topliss-reactive ketones (excluding diaryl/α,β-unsaturated/α-hetero) is 1. The van der Waals surface area contributed by atoms with Crippen LogP contribution < -0.4 is 0 Å². The third-order valence-electron chi connectivity index (χ3n) is 4.02. The molecule has 0 fully saturated rings. The number of hydrogen-bond donors (Lipinski definition) is 1. The number of phenolic OH excluding ortho intramolecular Hbond substituents is 1. The van der Waals surface area contributed by atoms with Gasteiger partial charge >= 0.3 is 0 Å². The SMILES string of the molecule is O=C1/C(=C\c2cccc3ncccc23)Cc2cc(O)ccc21. The van der Waals surface area contributed by atoms with Crippen molar-refractivity contribution >= 4 is 22.8 Å². The van der Waals surface area contributed by atoms with Gasteiger partial charge in [-0.25, -0.2) is 0 Å². The van der Waals surface area contributed by atoms with E-state index in [1.165, 1.54) is 0 Å². The third kappa shape index (κ3) is 1.99. The Balaban J connectivity index is 1.82. The number of pyridine rings is 1. The summed E-state index contributed by atoms with van der Waals surface area (Å²) in [6.07, 6.45) is 4.25. The summed E-state index contributed by atoms with van der Waals surface area (Å²) in [5.74, 6) is 0.234. The molecule has 0 spiro atoms. The molecule has 1 aromatic heterocycles. The Labute approximate surface area is 127 Å². The molecule has 0 radical (unpaired) electrons. The van der Waals surface area contributed by atoms with Crippen LogP contribution in [0, 0.1) is 0 Å². The van der Waals surface area contributed by atoms with Crippen molar-refractivity contribution in [2.75, 3.05) is 0 Å². The molecule has 1 heterocycles. The number of aromatic hydroxyl groups is 1. The predicted molar refractivity (Wildman–Crippen MR) is 85.9 cm³/mol. The van der Waals surface area contributed by atoms with Gasteiger partial charge in [0.1, 0.15) is 5.75 Å². The lowest BCUT2D eigenvalue weighted by Crippen LogP contribution is -1.95. The minimum absolute atomic E-state index is 0.0379. The van der Waals surface area contributed by atoms with Crippen LogP contribution in [0.1, 0.15) is 21.5 Å². The van der Waals surface area contributed by atoms with Gasteiger partial charge in [-0.3, -0.25) is 9.78 Å². The number of aromatic nitrogens is 1. The number of carbonyl (C=O) groups excluding carboxylic acids is 1. The molecule has 2 aromatic carbocycles. The third-order valence-corrected chi connectivity index (χ3v) is 4.02. The van der Waals surface area contributed by atoms with Crippen molar-refractivity contribution in [1.29, 1.82) is 0 Å². The van der Waals surface area contributed by atoms with Crippen LogP contribution in [0.3, 0.4) is 0 Å². The van der Waals surface area contributed by atoms with Crippen molar-refractivity contribution < 1.29 is 9.90 Å². The summed E-state index contributed by atoms with van der Waals surface area (Å²) >= 11 is 0. The fourth-order valence-corrected chi connectivity index (χ4v) is 2.96. The van der Waals surface area contributed by atoms with Crippen LogP contribution >= 0.6 is 0 Å². The summed E-state index contributed by atoms with van der Waals surface area (Å²) in [5, 5.41) is 10.6. The van der Waals surface area contributed by atoms with Gasteiger partial charge in [-0.15, -0.1) is 0 Å². The zero-order valence-corrected chi connectivity index (χ0v) is 11.8. The summed E-state index contributed by atoms with van der Waals surface area (Å²) in [6.45, 7) is 0. The molecule has 0 aliphatic heterocycles. The molecule has 1 N–H and O–H groups in total. The normalized spacial score (nSPS) is 15.5. The molecule has 0 bridgehead atoms. The summed E-state index contributed by atoms with van der Waals surface area (Å²) in [7, 11) is 0. The van der Waals surface area contributed by atoms with Crippen LogP contribution in [0.5, 0.6) is 5.75 Å². The van der Waals surface area contributed by atoms with Gasteiger partial charge < -0.3 is 5.11 Å². The highest BCUT2D eigenvalue weighted by Crippen LogP contribution is 2.31. The molecule has 106 valence electrons. The maximum Gasteiger partial charge on any atom is 0.189 e. The molecule has 0 amide bonds. The van der Waals surface area contributed by atoms with Crippen LogP contribution in [0.2, 0.25) is 0 Å². The number of nitrogens with zero attached hydrogens (tertiary/aromatic N) is 1. The van der Waals surface area contributed by atoms with Crippen molar-refractivity contribution in [3.8, 4) is 5.75 Å². The Morgan fingerprint density at radius 2 is 2.00 bits per heavy atom. The molecule has 22 heavy (non-hydrogen) atoms. The molecule has 3 nitrogen and oxygen atoms in total. The van der Waals surface area contributed by atoms with Crippen molar-refractivity contribution in [3.05, 3.63) is 77.0 Å². The Morgan fingerprint density at radius 3 is 2.91 bits per heavy atom. The van der Waals surface area contributed by atoms with Gasteiger partial charge in [0, 0.05) is 29.1 Å². The van der Waals surface area contributed by atoms with Crippen LogP contribution in [0.25, 0.3) is 17.0 Å². The van der Waals surface area contributed by atoms with Gasteiger partial charge in [0.15, 0.2) is 5.78 Å². The van der Waals surface area contributed by atoms with Crippen LogP contribution in [0.15, 0.2) is 60.3 Å². The summed E-state index contributed by atoms with van der Waals surface area (Å²) in [4.78, 5) is 16.8. The average molecular weight is 287 g/mol. The first kappa shape index (κ1) is 12.8. The van der Waals surface area contributed by atoms with Gasteiger partial charge in [-0.2, -0.15) is 0 Å². The lowest BCUT2D eigenvalue weighted by atomic mass is 10.0. The van der Waals surface area contributed by atoms with E-state index in [9.17, 15) is 9.90 Å². The van der Waals surface area contributed by atoms with E-state index in [0.717, 1.165) is 27.6 Å². The summed E-state index contributed by atoms with van der Waals surface area (Å²) < 4.78 is 0.